The van der Waals surface area contributed by atoms with Gasteiger partial charge in [0.2, 0.25) is 5.95 Å². The van der Waals surface area contributed by atoms with Crippen molar-refractivity contribution >= 4 is 34.3 Å². The lowest BCUT2D eigenvalue weighted by Gasteiger charge is -2.17. The molecule has 6 rings (SSSR count). The van der Waals surface area contributed by atoms with Gasteiger partial charge in [0, 0.05) is 59.8 Å². The summed E-state index contributed by atoms with van der Waals surface area (Å²) in [7, 11) is 0. The molecule has 1 amide bonds. The smallest absolute Gasteiger partial charge is 0.255 e. The molecular weight excluding hydrogens is 536 g/mol. The number of aromatic nitrogens is 3. The fourth-order valence-corrected chi connectivity index (χ4v) is 5.18. The van der Waals surface area contributed by atoms with Gasteiger partial charge in [-0.3, -0.25) is 4.79 Å². The standard InChI is InChI=1S/C35H36N6O2/c1-3-24(2)38-35-37-22-28-19-30(32(21-31(28)40-35)43-23-25-10-5-4-6-11-25)26-12-9-13-29(18-26)39-34(42)27-14-15-36-33(20-27)41-16-7-8-17-41/h4-6,9-15,18-22,24H,3,7-8,16-17,23H2,1-2H3,(H,39,42)(H,37,38,40). The van der Waals surface area contributed by atoms with Crippen molar-refractivity contribution in [3.8, 4) is 16.9 Å². The van der Waals surface area contributed by atoms with Crippen molar-refractivity contribution in [2.45, 2.75) is 45.8 Å². The minimum Gasteiger partial charge on any atom is -0.488 e. The molecule has 1 atom stereocenters. The van der Waals surface area contributed by atoms with Crippen molar-refractivity contribution in [1.29, 1.82) is 0 Å². The van der Waals surface area contributed by atoms with Gasteiger partial charge < -0.3 is 20.3 Å². The van der Waals surface area contributed by atoms with E-state index in [1.54, 1.807) is 12.3 Å². The molecule has 0 spiro atoms. The number of pyridine rings is 1. The zero-order chi connectivity index (χ0) is 29.6. The second-order valence-corrected chi connectivity index (χ2v) is 11.0. The number of fused-ring (bicyclic) bond motifs is 1. The summed E-state index contributed by atoms with van der Waals surface area (Å²) in [5, 5.41) is 7.33. The fraction of sp³-hybridized carbons (Fsp3) is 0.257. The number of nitrogens with zero attached hydrogens (tertiary/aromatic N) is 4. The molecule has 1 aliphatic rings. The highest BCUT2D eigenvalue weighted by molar-refractivity contribution is 6.05. The maximum absolute atomic E-state index is 13.3. The second-order valence-electron chi connectivity index (χ2n) is 11.0. The number of hydrogen-bond donors (Lipinski definition) is 2. The second kappa shape index (κ2) is 12.9. The minimum absolute atomic E-state index is 0.172. The average molecular weight is 573 g/mol. The summed E-state index contributed by atoms with van der Waals surface area (Å²) >= 11 is 0. The van der Waals surface area contributed by atoms with Crippen LogP contribution in [0.3, 0.4) is 0 Å². The van der Waals surface area contributed by atoms with E-state index in [2.05, 4.69) is 45.4 Å². The summed E-state index contributed by atoms with van der Waals surface area (Å²) in [6.45, 7) is 6.60. The van der Waals surface area contributed by atoms with Gasteiger partial charge in [-0.05, 0) is 67.6 Å². The molecule has 2 aromatic heterocycles. The first-order valence-corrected chi connectivity index (χ1v) is 14.9. The van der Waals surface area contributed by atoms with E-state index in [0.29, 0.717) is 29.6 Å². The molecule has 0 aliphatic carbocycles. The van der Waals surface area contributed by atoms with E-state index in [1.165, 1.54) is 0 Å². The predicted molar refractivity (Wildman–Crippen MR) is 173 cm³/mol. The molecule has 1 aliphatic heterocycles. The molecule has 3 aromatic carbocycles. The third-order valence-electron chi connectivity index (χ3n) is 7.78. The van der Waals surface area contributed by atoms with Crippen LogP contribution in [-0.2, 0) is 6.61 Å². The van der Waals surface area contributed by atoms with Crippen LogP contribution in [0.1, 0.15) is 49.0 Å². The molecule has 8 nitrogen and oxygen atoms in total. The van der Waals surface area contributed by atoms with Crippen molar-refractivity contribution in [1.82, 2.24) is 15.0 Å². The minimum atomic E-state index is -0.172. The van der Waals surface area contributed by atoms with Gasteiger partial charge >= 0.3 is 0 Å². The number of carbonyl (C=O) groups excluding carboxylic acids is 1. The predicted octanol–water partition coefficient (Wildman–Crippen LogP) is 7.33. The first kappa shape index (κ1) is 28.2. The van der Waals surface area contributed by atoms with Gasteiger partial charge in [0.25, 0.3) is 5.91 Å². The molecule has 2 N–H and O–H groups in total. The third kappa shape index (κ3) is 6.75. The summed E-state index contributed by atoms with van der Waals surface area (Å²) in [5.74, 6) is 1.98. The topological polar surface area (TPSA) is 92.3 Å². The molecule has 1 unspecified atom stereocenters. The molecule has 0 saturated carbocycles. The van der Waals surface area contributed by atoms with Gasteiger partial charge in [-0.2, -0.15) is 0 Å². The van der Waals surface area contributed by atoms with Gasteiger partial charge in [-0.1, -0.05) is 49.4 Å². The molecule has 0 bridgehead atoms. The van der Waals surface area contributed by atoms with Crippen LogP contribution in [0.4, 0.5) is 17.5 Å². The van der Waals surface area contributed by atoms with Gasteiger partial charge in [0.05, 0.1) is 5.52 Å². The number of rotatable bonds is 10. The molecule has 5 aromatic rings. The Morgan fingerprint density at radius 2 is 1.81 bits per heavy atom. The van der Waals surface area contributed by atoms with Crippen LogP contribution in [0.5, 0.6) is 5.75 Å². The first-order valence-electron chi connectivity index (χ1n) is 14.9. The number of ether oxygens (including phenoxy) is 1. The normalized spacial score (nSPS) is 13.6. The van der Waals surface area contributed by atoms with Crippen molar-refractivity contribution in [2.75, 3.05) is 28.6 Å². The van der Waals surface area contributed by atoms with Gasteiger partial charge in [-0.25, -0.2) is 15.0 Å². The number of nitrogens with one attached hydrogen (secondary N) is 2. The van der Waals surface area contributed by atoms with Crippen molar-refractivity contribution in [3.05, 3.63) is 102 Å². The summed E-state index contributed by atoms with van der Waals surface area (Å²) in [5.41, 5.74) is 4.95. The maximum atomic E-state index is 13.3. The van der Waals surface area contributed by atoms with E-state index in [9.17, 15) is 4.79 Å². The Hall–Kier alpha value is -4.98. The van der Waals surface area contributed by atoms with Crippen LogP contribution >= 0.6 is 0 Å². The molecule has 1 saturated heterocycles. The molecular formula is C35H36N6O2. The summed E-state index contributed by atoms with van der Waals surface area (Å²) in [4.78, 5) is 29.3. The van der Waals surface area contributed by atoms with Crippen molar-refractivity contribution in [2.24, 2.45) is 0 Å². The van der Waals surface area contributed by atoms with Crippen molar-refractivity contribution in [3.63, 3.8) is 0 Å². The summed E-state index contributed by atoms with van der Waals surface area (Å²) in [6, 6.07) is 25.8. The maximum Gasteiger partial charge on any atom is 0.255 e. The van der Waals surface area contributed by atoms with E-state index in [0.717, 1.165) is 65.8 Å². The Bertz CT molecular complexity index is 1720. The van der Waals surface area contributed by atoms with E-state index >= 15 is 0 Å². The monoisotopic (exact) mass is 572 g/mol. The Labute approximate surface area is 252 Å². The Morgan fingerprint density at radius 3 is 2.63 bits per heavy atom. The molecule has 3 heterocycles. The van der Waals surface area contributed by atoms with E-state index < -0.39 is 0 Å². The third-order valence-corrected chi connectivity index (χ3v) is 7.78. The van der Waals surface area contributed by atoms with E-state index in [-0.39, 0.29) is 11.9 Å². The van der Waals surface area contributed by atoms with Crippen LogP contribution in [0.2, 0.25) is 0 Å². The summed E-state index contributed by atoms with van der Waals surface area (Å²) < 4.78 is 6.40. The molecule has 1 fully saturated rings. The number of amides is 1. The number of anilines is 3. The number of benzene rings is 3. The highest BCUT2D eigenvalue weighted by Crippen LogP contribution is 2.36. The highest BCUT2D eigenvalue weighted by Gasteiger charge is 2.17. The number of carbonyl (C=O) groups is 1. The zero-order valence-corrected chi connectivity index (χ0v) is 24.6. The SMILES string of the molecule is CCC(C)Nc1ncc2cc(-c3cccc(NC(=O)c4ccnc(N5CCCC5)c4)c3)c(OCc3ccccc3)cc2n1. The van der Waals surface area contributed by atoms with Crippen LogP contribution in [0.25, 0.3) is 22.0 Å². The molecule has 43 heavy (non-hydrogen) atoms. The molecule has 0 radical (unpaired) electrons. The number of hydrogen-bond acceptors (Lipinski definition) is 7. The molecule has 218 valence electrons. The first-order chi connectivity index (χ1) is 21.1. The molecule has 8 heteroatoms. The van der Waals surface area contributed by atoms with Crippen LogP contribution < -0.4 is 20.3 Å². The average Bonchev–Trinajstić information content (AvgIpc) is 3.59. The lowest BCUT2D eigenvalue weighted by Crippen LogP contribution is -2.20. The lowest BCUT2D eigenvalue weighted by molar-refractivity contribution is 0.102. The van der Waals surface area contributed by atoms with Crippen LogP contribution in [0.15, 0.2) is 91.3 Å². The largest absolute Gasteiger partial charge is 0.488 e. The van der Waals surface area contributed by atoms with Gasteiger partial charge in [-0.15, -0.1) is 0 Å². The summed E-state index contributed by atoms with van der Waals surface area (Å²) in [6.07, 6.45) is 6.82. The Balaban J connectivity index is 1.30. The van der Waals surface area contributed by atoms with Crippen molar-refractivity contribution < 1.29 is 9.53 Å². The Morgan fingerprint density at radius 1 is 0.977 bits per heavy atom. The van der Waals surface area contributed by atoms with Crippen LogP contribution in [0, 0.1) is 0 Å². The highest BCUT2D eigenvalue weighted by atomic mass is 16.5. The Kier molecular flexibility index (Phi) is 8.45. The van der Waals surface area contributed by atoms with Gasteiger partial charge in [0.1, 0.15) is 18.2 Å². The van der Waals surface area contributed by atoms with E-state index in [4.69, 9.17) is 9.72 Å². The zero-order valence-electron chi connectivity index (χ0n) is 24.6. The lowest BCUT2D eigenvalue weighted by atomic mass is 10.0. The quantitative estimate of drug-likeness (QED) is 0.181. The fourth-order valence-electron chi connectivity index (χ4n) is 5.18. The van der Waals surface area contributed by atoms with Crippen LogP contribution in [-0.4, -0.2) is 40.0 Å². The van der Waals surface area contributed by atoms with Gasteiger partial charge in [0.15, 0.2) is 0 Å². The van der Waals surface area contributed by atoms with E-state index in [1.807, 2.05) is 72.9 Å².